The van der Waals surface area contributed by atoms with Gasteiger partial charge in [-0.25, -0.2) is 9.78 Å². The summed E-state index contributed by atoms with van der Waals surface area (Å²) in [6.07, 6.45) is 1.94. The summed E-state index contributed by atoms with van der Waals surface area (Å²) in [4.78, 5) is 20.6. The van der Waals surface area contributed by atoms with Crippen LogP contribution in [-0.4, -0.2) is 46.2 Å². The maximum absolute atomic E-state index is 10.8. The molecule has 0 aliphatic heterocycles. The predicted octanol–water partition coefficient (Wildman–Crippen LogP) is 1.60. The second kappa shape index (κ2) is 5.75. The van der Waals surface area contributed by atoms with E-state index in [4.69, 9.17) is 10.8 Å². The van der Waals surface area contributed by atoms with E-state index in [1.165, 1.54) is 11.9 Å². The van der Waals surface area contributed by atoms with Crippen LogP contribution in [-0.2, 0) is 12.8 Å². The van der Waals surface area contributed by atoms with Crippen molar-refractivity contribution < 1.29 is 9.90 Å². The Hall–Kier alpha value is -2.05. The van der Waals surface area contributed by atoms with Gasteiger partial charge in [0.1, 0.15) is 5.82 Å². The molecule has 0 radical (unpaired) electrons. The first kappa shape index (κ1) is 15.3. The van der Waals surface area contributed by atoms with E-state index in [1.807, 2.05) is 0 Å². The van der Waals surface area contributed by atoms with E-state index in [-0.39, 0.29) is 11.4 Å². The first-order chi connectivity index (χ1) is 9.78. The highest BCUT2D eigenvalue weighted by Gasteiger charge is 2.28. The Morgan fingerprint density at radius 2 is 2.19 bits per heavy atom. The van der Waals surface area contributed by atoms with Crippen molar-refractivity contribution in [2.75, 3.05) is 31.2 Å². The molecule has 0 unspecified atom stereocenters. The summed E-state index contributed by atoms with van der Waals surface area (Å²) < 4.78 is 0. The van der Waals surface area contributed by atoms with E-state index in [9.17, 15) is 4.79 Å². The van der Waals surface area contributed by atoms with Crippen molar-refractivity contribution in [3.05, 3.63) is 11.3 Å². The number of nitrogens with one attached hydrogen (secondary N) is 1. The minimum Gasteiger partial charge on any atom is -0.465 e. The number of rotatable bonds is 4. The van der Waals surface area contributed by atoms with E-state index >= 15 is 0 Å². The molecule has 1 aromatic rings. The van der Waals surface area contributed by atoms with E-state index in [2.05, 4.69) is 29.1 Å². The summed E-state index contributed by atoms with van der Waals surface area (Å²) in [6, 6.07) is 0. The summed E-state index contributed by atoms with van der Waals surface area (Å²) in [7, 11) is 1.54. The van der Waals surface area contributed by atoms with Crippen molar-refractivity contribution in [1.82, 2.24) is 14.9 Å². The molecule has 7 heteroatoms. The number of hydrogen-bond donors (Lipinski definition) is 3. The van der Waals surface area contributed by atoms with Crippen LogP contribution in [0.1, 0.15) is 31.5 Å². The summed E-state index contributed by atoms with van der Waals surface area (Å²) in [5.74, 6) is 1.01. The molecule has 4 N–H and O–H groups in total. The van der Waals surface area contributed by atoms with E-state index in [0.29, 0.717) is 13.1 Å². The fourth-order valence-electron chi connectivity index (χ4n) is 2.55. The maximum Gasteiger partial charge on any atom is 0.407 e. The van der Waals surface area contributed by atoms with Crippen molar-refractivity contribution in [3.63, 3.8) is 0 Å². The molecule has 0 aromatic carbocycles. The molecule has 1 aliphatic carbocycles. The lowest BCUT2D eigenvalue weighted by atomic mass is 9.76. The zero-order chi connectivity index (χ0) is 15.6. The van der Waals surface area contributed by atoms with E-state index in [0.717, 1.165) is 36.3 Å². The molecule has 0 spiro atoms. The van der Waals surface area contributed by atoms with Crippen LogP contribution in [0.25, 0.3) is 0 Å². The SMILES string of the molecule is CN(CCNc1nc(N)nc2c1CCC(C)(C)C2)C(=O)O. The first-order valence-electron chi connectivity index (χ1n) is 7.12. The van der Waals surface area contributed by atoms with Gasteiger partial charge in [-0.2, -0.15) is 4.98 Å². The molecule has 0 fully saturated rings. The second-order valence-corrected chi connectivity index (χ2v) is 6.33. The van der Waals surface area contributed by atoms with Crippen molar-refractivity contribution in [3.8, 4) is 0 Å². The Morgan fingerprint density at radius 3 is 2.86 bits per heavy atom. The third-order valence-electron chi connectivity index (χ3n) is 3.87. The van der Waals surface area contributed by atoms with Gasteiger partial charge in [0.2, 0.25) is 5.95 Å². The third-order valence-corrected chi connectivity index (χ3v) is 3.87. The van der Waals surface area contributed by atoms with Gasteiger partial charge in [-0.15, -0.1) is 0 Å². The summed E-state index contributed by atoms with van der Waals surface area (Å²) in [5, 5.41) is 12.0. The number of likely N-dealkylation sites (N-methyl/N-ethyl adjacent to an activating group) is 1. The van der Waals surface area contributed by atoms with Gasteiger partial charge in [0.05, 0.1) is 5.69 Å². The molecule has 2 rings (SSSR count). The molecule has 116 valence electrons. The van der Waals surface area contributed by atoms with Gasteiger partial charge in [-0.1, -0.05) is 13.8 Å². The number of nitrogens with zero attached hydrogens (tertiary/aromatic N) is 3. The molecular weight excluding hydrogens is 270 g/mol. The van der Waals surface area contributed by atoms with Crippen molar-refractivity contribution >= 4 is 17.9 Å². The van der Waals surface area contributed by atoms with Gasteiger partial charge in [0.15, 0.2) is 0 Å². The average Bonchev–Trinajstić information content (AvgIpc) is 2.36. The highest BCUT2D eigenvalue weighted by Crippen LogP contribution is 2.36. The van der Waals surface area contributed by atoms with E-state index in [1.54, 1.807) is 0 Å². The van der Waals surface area contributed by atoms with Crippen LogP contribution in [0.4, 0.5) is 16.6 Å². The Morgan fingerprint density at radius 1 is 1.48 bits per heavy atom. The van der Waals surface area contributed by atoms with Gasteiger partial charge in [0, 0.05) is 25.7 Å². The van der Waals surface area contributed by atoms with Crippen LogP contribution in [0.2, 0.25) is 0 Å². The molecule has 1 heterocycles. The number of carbonyl (C=O) groups is 1. The molecule has 1 aliphatic rings. The number of carboxylic acid groups (broad SMARTS) is 1. The molecule has 21 heavy (non-hydrogen) atoms. The van der Waals surface area contributed by atoms with Gasteiger partial charge in [-0.05, 0) is 24.7 Å². The van der Waals surface area contributed by atoms with Crippen molar-refractivity contribution in [2.24, 2.45) is 5.41 Å². The lowest BCUT2D eigenvalue weighted by Crippen LogP contribution is -2.31. The first-order valence-corrected chi connectivity index (χ1v) is 7.12. The number of nitrogen functional groups attached to an aromatic ring is 1. The minimum atomic E-state index is -0.942. The number of hydrogen-bond acceptors (Lipinski definition) is 5. The molecule has 7 nitrogen and oxygen atoms in total. The average molecular weight is 293 g/mol. The van der Waals surface area contributed by atoms with Crippen molar-refractivity contribution in [2.45, 2.75) is 33.1 Å². The Balaban J connectivity index is 2.10. The highest BCUT2D eigenvalue weighted by atomic mass is 16.4. The molecule has 0 saturated carbocycles. The number of aromatic nitrogens is 2. The number of fused-ring (bicyclic) bond motifs is 1. The van der Waals surface area contributed by atoms with Gasteiger partial charge in [0.25, 0.3) is 0 Å². The largest absolute Gasteiger partial charge is 0.465 e. The molecule has 1 aromatic heterocycles. The van der Waals surface area contributed by atoms with Crippen LogP contribution in [0.3, 0.4) is 0 Å². The van der Waals surface area contributed by atoms with Gasteiger partial charge in [-0.3, -0.25) is 0 Å². The number of amides is 1. The summed E-state index contributed by atoms with van der Waals surface area (Å²) in [5.41, 5.74) is 8.13. The lowest BCUT2D eigenvalue weighted by Gasteiger charge is -2.31. The van der Waals surface area contributed by atoms with Crippen LogP contribution in [0.15, 0.2) is 0 Å². The van der Waals surface area contributed by atoms with Crippen molar-refractivity contribution in [1.29, 1.82) is 0 Å². The van der Waals surface area contributed by atoms with E-state index < -0.39 is 6.09 Å². The topological polar surface area (TPSA) is 104 Å². The Labute approximate surface area is 124 Å². The predicted molar refractivity (Wildman–Crippen MR) is 81.4 cm³/mol. The van der Waals surface area contributed by atoms with Gasteiger partial charge >= 0.3 is 6.09 Å². The fraction of sp³-hybridized carbons (Fsp3) is 0.643. The third kappa shape index (κ3) is 3.74. The smallest absolute Gasteiger partial charge is 0.407 e. The quantitative estimate of drug-likeness (QED) is 0.779. The molecule has 0 saturated heterocycles. The standard InChI is InChI=1S/C14H23N5O2/c1-14(2)5-4-9-10(8-14)17-12(15)18-11(9)16-6-7-19(3)13(20)21/h4-8H2,1-3H3,(H,20,21)(H3,15,16,17,18). The number of nitrogens with two attached hydrogens (primary N) is 1. The van der Waals surface area contributed by atoms with Crippen LogP contribution < -0.4 is 11.1 Å². The fourth-order valence-corrected chi connectivity index (χ4v) is 2.55. The molecular formula is C14H23N5O2. The summed E-state index contributed by atoms with van der Waals surface area (Å²) in [6.45, 7) is 5.33. The van der Waals surface area contributed by atoms with Crippen LogP contribution >= 0.6 is 0 Å². The maximum atomic E-state index is 10.8. The van der Waals surface area contributed by atoms with Crippen LogP contribution in [0.5, 0.6) is 0 Å². The Bertz CT molecular complexity index is 544. The van der Waals surface area contributed by atoms with Crippen LogP contribution in [0, 0.1) is 5.41 Å². The zero-order valence-corrected chi connectivity index (χ0v) is 12.8. The minimum absolute atomic E-state index is 0.231. The number of anilines is 2. The molecule has 0 bridgehead atoms. The molecule has 1 amide bonds. The monoisotopic (exact) mass is 293 g/mol. The van der Waals surface area contributed by atoms with Gasteiger partial charge < -0.3 is 21.1 Å². The lowest BCUT2D eigenvalue weighted by molar-refractivity contribution is 0.157. The highest BCUT2D eigenvalue weighted by molar-refractivity contribution is 5.64. The Kier molecular flexibility index (Phi) is 4.20. The second-order valence-electron chi connectivity index (χ2n) is 6.33. The zero-order valence-electron chi connectivity index (χ0n) is 12.8. The molecule has 0 atom stereocenters. The summed E-state index contributed by atoms with van der Waals surface area (Å²) >= 11 is 0. The normalized spacial score (nSPS) is 16.1.